The van der Waals surface area contributed by atoms with E-state index in [9.17, 15) is 4.79 Å². The number of ketones is 1. The van der Waals surface area contributed by atoms with Crippen molar-refractivity contribution in [3.05, 3.63) is 21.3 Å². The van der Waals surface area contributed by atoms with Gasteiger partial charge in [-0.3, -0.25) is 9.69 Å². The van der Waals surface area contributed by atoms with Crippen LogP contribution in [-0.4, -0.2) is 41.8 Å². The largest absolute Gasteiger partial charge is 0.297 e. The molecule has 2 heterocycles. The minimum absolute atomic E-state index is 0.0830. The second-order valence-electron chi connectivity index (χ2n) is 3.92. The number of thiophene rings is 1. The van der Waals surface area contributed by atoms with Crippen molar-refractivity contribution < 1.29 is 4.79 Å². The van der Waals surface area contributed by atoms with E-state index in [1.165, 1.54) is 11.3 Å². The molecule has 1 aromatic rings. The molecule has 5 heteroatoms. The Labute approximate surface area is 109 Å². The van der Waals surface area contributed by atoms with Crippen LogP contribution in [0, 0.1) is 0 Å². The van der Waals surface area contributed by atoms with Gasteiger partial charge in [-0.05, 0) is 19.2 Å². The van der Waals surface area contributed by atoms with Crippen LogP contribution in [-0.2, 0) is 11.2 Å². The molecule has 1 saturated heterocycles. The van der Waals surface area contributed by atoms with Crippen molar-refractivity contribution >= 4 is 40.5 Å². The Balaban J connectivity index is 1.96. The van der Waals surface area contributed by atoms with Crippen LogP contribution in [0.1, 0.15) is 4.88 Å². The molecule has 0 aromatic carbocycles. The third-order valence-electron chi connectivity index (χ3n) is 2.75. The maximum Gasteiger partial charge on any atom is 0.155 e. The Morgan fingerprint density at radius 2 is 2.44 bits per heavy atom. The fraction of sp³-hybridized carbons (Fsp3) is 0.545. The molecule has 16 heavy (non-hydrogen) atoms. The SMILES string of the molecule is CN1CCSCC1C(=O)Cc1ccc(Cl)s1. The van der Waals surface area contributed by atoms with E-state index in [1.54, 1.807) is 0 Å². The van der Waals surface area contributed by atoms with Gasteiger partial charge in [-0.1, -0.05) is 11.6 Å². The third kappa shape index (κ3) is 3.00. The summed E-state index contributed by atoms with van der Waals surface area (Å²) in [7, 11) is 2.03. The van der Waals surface area contributed by atoms with E-state index in [4.69, 9.17) is 11.6 Å². The molecule has 0 amide bonds. The smallest absolute Gasteiger partial charge is 0.155 e. The molecule has 0 spiro atoms. The Morgan fingerprint density at radius 3 is 3.06 bits per heavy atom. The maximum absolute atomic E-state index is 12.1. The molecular weight excluding hydrogens is 262 g/mol. The molecule has 1 unspecified atom stereocenters. The monoisotopic (exact) mass is 275 g/mol. The first-order valence-corrected chi connectivity index (χ1v) is 7.56. The van der Waals surface area contributed by atoms with Gasteiger partial charge in [0.25, 0.3) is 0 Å². The van der Waals surface area contributed by atoms with Crippen molar-refractivity contribution in [3.63, 3.8) is 0 Å². The van der Waals surface area contributed by atoms with E-state index in [2.05, 4.69) is 4.90 Å². The minimum Gasteiger partial charge on any atom is -0.297 e. The Morgan fingerprint density at radius 1 is 1.62 bits per heavy atom. The standard InChI is InChI=1S/C11H14ClNOS2/c1-13-4-5-15-7-9(13)10(14)6-8-2-3-11(12)16-8/h2-3,9H,4-7H2,1H3. The van der Waals surface area contributed by atoms with Crippen LogP contribution in [0.3, 0.4) is 0 Å². The number of carbonyl (C=O) groups excluding carboxylic acids is 1. The molecule has 1 aromatic heterocycles. The van der Waals surface area contributed by atoms with Gasteiger partial charge in [0.1, 0.15) is 0 Å². The van der Waals surface area contributed by atoms with Crippen LogP contribution < -0.4 is 0 Å². The van der Waals surface area contributed by atoms with E-state index < -0.39 is 0 Å². The van der Waals surface area contributed by atoms with E-state index >= 15 is 0 Å². The van der Waals surface area contributed by atoms with Gasteiger partial charge in [0.05, 0.1) is 10.4 Å². The Kier molecular flexibility index (Phi) is 4.30. The van der Waals surface area contributed by atoms with E-state index in [1.807, 2.05) is 30.9 Å². The van der Waals surface area contributed by atoms with E-state index in [0.29, 0.717) is 12.2 Å². The summed E-state index contributed by atoms with van der Waals surface area (Å²) in [6.07, 6.45) is 0.521. The van der Waals surface area contributed by atoms with Crippen LogP contribution >= 0.6 is 34.7 Å². The summed E-state index contributed by atoms with van der Waals surface area (Å²) < 4.78 is 0.758. The van der Waals surface area contributed by atoms with Gasteiger partial charge >= 0.3 is 0 Å². The van der Waals surface area contributed by atoms with Gasteiger partial charge in [-0.2, -0.15) is 11.8 Å². The molecule has 1 atom stereocenters. The van der Waals surface area contributed by atoms with Gasteiger partial charge in [0.15, 0.2) is 5.78 Å². The predicted octanol–water partition coefficient (Wildman–Crippen LogP) is 2.56. The molecule has 0 N–H and O–H groups in total. The molecule has 1 aliphatic rings. The fourth-order valence-electron chi connectivity index (χ4n) is 1.76. The second-order valence-corrected chi connectivity index (χ2v) is 6.87. The highest BCUT2D eigenvalue weighted by molar-refractivity contribution is 7.99. The minimum atomic E-state index is 0.0830. The average Bonchev–Trinajstić information content (AvgIpc) is 2.64. The topological polar surface area (TPSA) is 20.3 Å². The summed E-state index contributed by atoms with van der Waals surface area (Å²) in [5.74, 6) is 2.37. The fourth-order valence-corrected chi connectivity index (χ4v) is 4.11. The Hall–Kier alpha value is -0.0300. The maximum atomic E-state index is 12.1. The molecule has 1 fully saturated rings. The summed E-state index contributed by atoms with van der Waals surface area (Å²) in [6, 6.07) is 3.88. The number of likely N-dealkylation sites (N-methyl/N-ethyl adjacent to an activating group) is 1. The van der Waals surface area contributed by atoms with Crippen molar-refractivity contribution in [1.29, 1.82) is 0 Å². The molecule has 2 nitrogen and oxygen atoms in total. The highest BCUT2D eigenvalue weighted by Gasteiger charge is 2.26. The van der Waals surface area contributed by atoms with Gasteiger partial charge in [0, 0.05) is 29.3 Å². The molecule has 0 bridgehead atoms. The highest BCUT2D eigenvalue weighted by Crippen LogP contribution is 2.23. The van der Waals surface area contributed by atoms with E-state index in [0.717, 1.165) is 27.3 Å². The first-order chi connectivity index (χ1) is 7.66. The number of rotatable bonds is 3. The number of carbonyl (C=O) groups is 1. The van der Waals surface area contributed by atoms with Crippen molar-refractivity contribution in [1.82, 2.24) is 4.90 Å². The molecule has 88 valence electrons. The highest BCUT2D eigenvalue weighted by atomic mass is 35.5. The number of thioether (sulfide) groups is 1. The zero-order valence-electron chi connectivity index (χ0n) is 9.11. The zero-order valence-corrected chi connectivity index (χ0v) is 11.5. The van der Waals surface area contributed by atoms with Gasteiger partial charge in [0.2, 0.25) is 0 Å². The normalized spacial score (nSPS) is 22.2. The number of hydrogen-bond acceptors (Lipinski definition) is 4. The van der Waals surface area contributed by atoms with Crippen molar-refractivity contribution in [3.8, 4) is 0 Å². The van der Waals surface area contributed by atoms with Crippen molar-refractivity contribution in [2.75, 3.05) is 25.1 Å². The summed E-state index contributed by atoms with van der Waals surface area (Å²) >= 11 is 9.22. The number of nitrogens with zero attached hydrogens (tertiary/aromatic N) is 1. The van der Waals surface area contributed by atoms with Crippen LogP contribution in [0.5, 0.6) is 0 Å². The van der Waals surface area contributed by atoms with Crippen LogP contribution in [0.4, 0.5) is 0 Å². The zero-order chi connectivity index (χ0) is 11.5. The number of Topliss-reactive ketones (excluding diaryl/α,β-unsaturated/α-hetero) is 1. The molecule has 0 radical (unpaired) electrons. The molecule has 0 aliphatic carbocycles. The average molecular weight is 276 g/mol. The summed E-state index contributed by atoms with van der Waals surface area (Å²) in [6.45, 7) is 1.01. The van der Waals surface area contributed by atoms with Gasteiger partial charge < -0.3 is 0 Å². The lowest BCUT2D eigenvalue weighted by molar-refractivity contribution is -0.122. The van der Waals surface area contributed by atoms with Crippen LogP contribution in [0.25, 0.3) is 0 Å². The second kappa shape index (κ2) is 5.54. The number of hydrogen-bond donors (Lipinski definition) is 0. The van der Waals surface area contributed by atoms with Crippen LogP contribution in [0.2, 0.25) is 4.34 Å². The van der Waals surface area contributed by atoms with Gasteiger partial charge in [-0.15, -0.1) is 11.3 Å². The number of halogens is 1. The van der Waals surface area contributed by atoms with Gasteiger partial charge in [-0.25, -0.2) is 0 Å². The quantitative estimate of drug-likeness (QED) is 0.846. The van der Waals surface area contributed by atoms with Crippen LogP contribution in [0.15, 0.2) is 12.1 Å². The molecular formula is C11H14ClNOS2. The molecule has 0 saturated carbocycles. The summed E-state index contributed by atoms with van der Waals surface area (Å²) in [5.41, 5.74) is 0. The van der Waals surface area contributed by atoms with E-state index in [-0.39, 0.29) is 6.04 Å². The predicted molar refractivity (Wildman–Crippen MR) is 71.8 cm³/mol. The lowest BCUT2D eigenvalue weighted by Gasteiger charge is -2.30. The first kappa shape index (κ1) is 12.4. The lowest BCUT2D eigenvalue weighted by Crippen LogP contribution is -2.45. The Bertz CT molecular complexity index is 380. The summed E-state index contributed by atoms with van der Waals surface area (Å²) in [5, 5.41) is 0. The first-order valence-electron chi connectivity index (χ1n) is 5.22. The molecule has 1 aliphatic heterocycles. The van der Waals surface area contributed by atoms with Crippen molar-refractivity contribution in [2.24, 2.45) is 0 Å². The third-order valence-corrected chi connectivity index (χ3v) is 5.00. The van der Waals surface area contributed by atoms with Crippen molar-refractivity contribution in [2.45, 2.75) is 12.5 Å². The molecule has 2 rings (SSSR count). The summed E-state index contributed by atoms with van der Waals surface area (Å²) in [4.78, 5) is 15.3. The lowest BCUT2D eigenvalue weighted by atomic mass is 10.1.